The Balaban J connectivity index is 1.41. The van der Waals surface area contributed by atoms with Crippen molar-refractivity contribution < 1.29 is 35.8 Å². The molecular weight excluding hydrogens is 604 g/mol. The molecule has 5 atom stereocenters. The number of aryl methyl sites for hydroxylation is 1. The lowest BCUT2D eigenvalue weighted by Gasteiger charge is -2.40. The number of ether oxygens (including phenoxy) is 2. The zero-order chi connectivity index (χ0) is 31.6. The minimum Gasteiger partial charge on any atom is -0.487 e. The molecule has 3 unspecified atom stereocenters. The van der Waals surface area contributed by atoms with Crippen molar-refractivity contribution in [3.63, 3.8) is 0 Å². The van der Waals surface area contributed by atoms with E-state index in [1.54, 1.807) is 0 Å². The number of nitrogens with one attached hydrogen (secondary N) is 2. The number of alkyl halides is 4. The molecule has 3 saturated heterocycles. The van der Waals surface area contributed by atoms with Gasteiger partial charge in [-0.25, -0.2) is 18.2 Å². The third kappa shape index (κ3) is 5.37. The first-order valence-corrected chi connectivity index (χ1v) is 15.2. The molecule has 7 rings (SSSR count). The summed E-state index contributed by atoms with van der Waals surface area (Å²) >= 11 is 0. The lowest BCUT2D eigenvalue weighted by Crippen LogP contribution is -2.60. The minimum absolute atomic E-state index is 0.0279. The highest BCUT2D eigenvalue weighted by Gasteiger charge is 2.45. The van der Waals surface area contributed by atoms with E-state index in [1.165, 1.54) is 0 Å². The van der Waals surface area contributed by atoms with E-state index in [4.69, 9.17) is 15.2 Å². The van der Waals surface area contributed by atoms with E-state index in [0.717, 1.165) is 32.3 Å². The summed E-state index contributed by atoms with van der Waals surface area (Å²) in [6.45, 7) is 2.53. The molecule has 4 aliphatic heterocycles. The standard InChI is InChI=1S/C30H33F6N7O2/c1-13-7-19(37)40-25(22(13)30(34,35)36)20-23(32)26-21-27(24(20)33)44-12-18-17-5-4-16(39-17)10-43(18)28(21)42-29(41-26)45-11-14-3-2-6-38-9-15(31)8-14/h7,14-18,38-39H,2-6,8-12H2,1H3,(H2,37,40)/t14-,15+,16?,17?,18?/m0/s1. The van der Waals surface area contributed by atoms with Gasteiger partial charge in [0.1, 0.15) is 29.9 Å². The third-order valence-corrected chi connectivity index (χ3v) is 9.30. The van der Waals surface area contributed by atoms with Gasteiger partial charge in [0.15, 0.2) is 17.4 Å². The Hall–Kier alpha value is -3.59. The molecule has 4 N–H and O–H groups in total. The van der Waals surface area contributed by atoms with Crippen LogP contribution in [0.1, 0.15) is 43.2 Å². The molecule has 4 aliphatic rings. The summed E-state index contributed by atoms with van der Waals surface area (Å²) in [5.74, 6) is -3.51. The Morgan fingerprint density at radius 3 is 2.76 bits per heavy atom. The van der Waals surface area contributed by atoms with Crippen LogP contribution in [0.25, 0.3) is 22.2 Å². The van der Waals surface area contributed by atoms with Crippen LogP contribution in [-0.2, 0) is 6.18 Å². The van der Waals surface area contributed by atoms with Crippen molar-refractivity contribution in [1.29, 1.82) is 0 Å². The first kappa shape index (κ1) is 30.1. The van der Waals surface area contributed by atoms with Crippen LogP contribution in [0.4, 0.5) is 38.0 Å². The first-order chi connectivity index (χ1) is 21.5. The molecular formula is C30H33F6N7O2. The molecule has 0 amide bonds. The Bertz CT molecular complexity index is 1640. The van der Waals surface area contributed by atoms with Crippen molar-refractivity contribution in [2.75, 3.05) is 43.5 Å². The van der Waals surface area contributed by atoms with Crippen molar-refractivity contribution in [2.45, 2.75) is 69.5 Å². The average Bonchev–Trinajstić information content (AvgIpc) is 3.26. The molecule has 0 saturated carbocycles. The first-order valence-electron chi connectivity index (χ1n) is 15.2. The van der Waals surface area contributed by atoms with Gasteiger partial charge in [0.25, 0.3) is 0 Å². The molecule has 0 aliphatic carbocycles. The number of fused-ring (bicyclic) bond motifs is 5. The summed E-state index contributed by atoms with van der Waals surface area (Å²) in [7, 11) is 0. The second-order valence-corrected chi connectivity index (χ2v) is 12.4. The maximum absolute atomic E-state index is 16.6. The van der Waals surface area contributed by atoms with E-state index >= 15 is 8.78 Å². The second-order valence-electron chi connectivity index (χ2n) is 12.4. The second kappa shape index (κ2) is 11.3. The smallest absolute Gasteiger partial charge is 0.418 e. The predicted molar refractivity (Wildman–Crippen MR) is 154 cm³/mol. The van der Waals surface area contributed by atoms with Crippen LogP contribution in [0.15, 0.2) is 6.07 Å². The molecule has 0 spiro atoms. The summed E-state index contributed by atoms with van der Waals surface area (Å²) in [4.78, 5) is 14.6. The van der Waals surface area contributed by atoms with Crippen LogP contribution in [0, 0.1) is 24.5 Å². The van der Waals surface area contributed by atoms with E-state index in [0.29, 0.717) is 19.5 Å². The predicted octanol–water partition coefficient (Wildman–Crippen LogP) is 4.69. The summed E-state index contributed by atoms with van der Waals surface area (Å²) < 4.78 is 102. The van der Waals surface area contributed by atoms with Gasteiger partial charge in [-0.1, -0.05) is 0 Å². The summed E-state index contributed by atoms with van der Waals surface area (Å²) in [6, 6.07) is 0.510. The summed E-state index contributed by atoms with van der Waals surface area (Å²) in [6.07, 6.45) is -2.61. The van der Waals surface area contributed by atoms with Crippen molar-refractivity contribution in [3.05, 3.63) is 28.8 Å². The number of hydrogen-bond acceptors (Lipinski definition) is 9. The van der Waals surface area contributed by atoms with Crippen molar-refractivity contribution in [3.8, 4) is 23.0 Å². The number of hydrogen-bond donors (Lipinski definition) is 3. The number of anilines is 2. The number of nitrogens with two attached hydrogens (primary N) is 1. The zero-order valence-corrected chi connectivity index (χ0v) is 24.5. The van der Waals surface area contributed by atoms with Gasteiger partial charge >= 0.3 is 12.2 Å². The number of rotatable bonds is 4. The lowest BCUT2D eigenvalue weighted by molar-refractivity contribution is -0.137. The largest absolute Gasteiger partial charge is 0.487 e. The fraction of sp³-hybridized carbons (Fsp3) is 0.567. The topological polar surface area (TPSA) is 110 Å². The molecule has 9 nitrogen and oxygen atoms in total. The van der Waals surface area contributed by atoms with E-state index in [-0.39, 0.29) is 78.8 Å². The van der Waals surface area contributed by atoms with Crippen LogP contribution >= 0.6 is 0 Å². The Labute approximate surface area is 254 Å². The van der Waals surface area contributed by atoms with E-state index in [1.807, 2.05) is 4.90 Å². The summed E-state index contributed by atoms with van der Waals surface area (Å²) in [5.41, 5.74) is 1.60. The number of pyridine rings is 1. The fourth-order valence-electron chi connectivity index (χ4n) is 7.27. The van der Waals surface area contributed by atoms with Crippen LogP contribution < -0.4 is 30.7 Å². The average molecular weight is 638 g/mol. The van der Waals surface area contributed by atoms with Gasteiger partial charge in [0.05, 0.1) is 34.9 Å². The molecule has 1 aromatic carbocycles. The summed E-state index contributed by atoms with van der Waals surface area (Å²) in [5, 5.41) is 6.48. The number of nitrogen functional groups attached to an aromatic ring is 1. The Morgan fingerprint density at radius 1 is 1.13 bits per heavy atom. The fourth-order valence-corrected chi connectivity index (χ4v) is 7.27. The Morgan fingerprint density at radius 2 is 1.96 bits per heavy atom. The van der Waals surface area contributed by atoms with Gasteiger partial charge in [0, 0.05) is 25.2 Å². The van der Waals surface area contributed by atoms with Crippen LogP contribution in [0.5, 0.6) is 11.8 Å². The number of nitrogens with zero attached hydrogens (tertiary/aromatic N) is 4. The molecule has 0 radical (unpaired) electrons. The number of piperazine rings is 1. The highest BCUT2D eigenvalue weighted by Crippen LogP contribution is 2.48. The number of aromatic nitrogens is 3. The number of benzene rings is 1. The molecule has 3 aromatic rings. The van der Waals surface area contributed by atoms with Gasteiger partial charge in [0.2, 0.25) is 0 Å². The Kier molecular flexibility index (Phi) is 7.58. The van der Waals surface area contributed by atoms with Gasteiger partial charge in [-0.15, -0.1) is 0 Å². The maximum atomic E-state index is 16.6. The molecule has 45 heavy (non-hydrogen) atoms. The van der Waals surface area contributed by atoms with Gasteiger partial charge in [-0.05, 0) is 63.1 Å². The van der Waals surface area contributed by atoms with E-state index in [2.05, 4.69) is 25.6 Å². The lowest BCUT2D eigenvalue weighted by atomic mass is 9.96. The van der Waals surface area contributed by atoms with Gasteiger partial charge in [-0.2, -0.15) is 23.1 Å². The van der Waals surface area contributed by atoms with E-state index < -0.39 is 52.1 Å². The molecule has 242 valence electrons. The molecule has 15 heteroatoms. The van der Waals surface area contributed by atoms with Crippen molar-refractivity contribution >= 4 is 22.5 Å². The number of halogens is 6. The molecule has 2 aromatic heterocycles. The van der Waals surface area contributed by atoms with Crippen LogP contribution in [0.2, 0.25) is 0 Å². The monoisotopic (exact) mass is 637 g/mol. The van der Waals surface area contributed by atoms with Gasteiger partial charge < -0.3 is 30.7 Å². The van der Waals surface area contributed by atoms with E-state index in [9.17, 15) is 17.6 Å². The SMILES string of the molecule is Cc1cc(N)nc(-c2c(F)c3c4c(nc(OC[C@H]5CCCNC[C@H](F)C5)nc4c2F)N2CC4CCC(N4)C2CO3)c1C(F)(F)F. The highest BCUT2D eigenvalue weighted by atomic mass is 19.4. The zero-order valence-electron chi connectivity index (χ0n) is 24.5. The molecule has 2 bridgehead atoms. The van der Waals surface area contributed by atoms with Crippen LogP contribution in [0.3, 0.4) is 0 Å². The van der Waals surface area contributed by atoms with Crippen molar-refractivity contribution in [2.24, 2.45) is 5.92 Å². The highest BCUT2D eigenvalue weighted by molar-refractivity contribution is 5.99. The normalized spacial score (nSPS) is 26.6. The third-order valence-electron chi connectivity index (χ3n) is 9.30. The maximum Gasteiger partial charge on any atom is 0.418 e. The molecule has 6 heterocycles. The minimum atomic E-state index is -5.00. The van der Waals surface area contributed by atoms with Gasteiger partial charge in [-0.3, -0.25) is 0 Å². The quantitative estimate of drug-likeness (QED) is 0.351. The van der Waals surface area contributed by atoms with Crippen LogP contribution in [-0.4, -0.2) is 72.1 Å². The molecule has 3 fully saturated rings. The van der Waals surface area contributed by atoms with Crippen molar-refractivity contribution in [1.82, 2.24) is 25.6 Å².